The van der Waals surface area contributed by atoms with Crippen LogP contribution in [0.5, 0.6) is 0 Å². The number of para-hydroxylation sites is 1. The van der Waals surface area contributed by atoms with Crippen molar-refractivity contribution in [1.29, 1.82) is 0 Å². The molecule has 2 unspecified atom stereocenters. The second kappa shape index (κ2) is 6.29. The van der Waals surface area contributed by atoms with E-state index in [1.807, 2.05) is 0 Å². The minimum Gasteiger partial charge on any atom is -0.354 e. The summed E-state index contributed by atoms with van der Waals surface area (Å²) in [5.74, 6) is 5.85. The minimum absolute atomic E-state index is 0.0785. The lowest BCUT2D eigenvalue weighted by atomic mass is 9.77. The Labute approximate surface area is 134 Å². The Kier molecular flexibility index (Phi) is 4.81. The van der Waals surface area contributed by atoms with Crippen LogP contribution in [0, 0.1) is 6.92 Å². The molecule has 1 aliphatic rings. The number of hydrazine groups is 1. The number of amides is 1. The lowest BCUT2D eigenvalue weighted by molar-refractivity contribution is -0.123. The summed E-state index contributed by atoms with van der Waals surface area (Å²) in [6.45, 7) is 11.0. The highest BCUT2D eigenvalue weighted by molar-refractivity contribution is 5.86. The van der Waals surface area contributed by atoms with Gasteiger partial charge in [0.2, 0.25) is 0 Å². The molecule has 2 atom stereocenters. The van der Waals surface area contributed by atoms with Crippen LogP contribution in [0.15, 0.2) is 18.2 Å². The number of rotatable bonds is 4. The molecule has 0 radical (unpaired) electrons. The number of fused-ring (bicyclic) bond motifs is 1. The van der Waals surface area contributed by atoms with Crippen molar-refractivity contribution in [3.8, 4) is 0 Å². The summed E-state index contributed by atoms with van der Waals surface area (Å²) >= 11 is 0. The lowest BCUT2D eigenvalue weighted by Gasteiger charge is -2.51. The van der Waals surface area contributed by atoms with Gasteiger partial charge in [-0.15, -0.1) is 0 Å². The molecule has 4 nitrogen and oxygen atoms in total. The van der Waals surface area contributed by atoms with Crippen LogP contribution in [0.25, 0.3) is 0 Å². The number of nitrogens with zero attached hydrogens (tertiary/aromatic N) is 1. The molecule has 2 rings (SSSR count). The number of nitrogens with two attached hydrogens (primary N) is 1. The smallest absolute Gasteiger partial charge is 0.256 e. The summed E-state index contributed by atoms with van der Waals surface area (Å²) in [7, 11) is 0. The number of hydrogen-bond acceptors (Lipinski definition) is 3. The molecule has 0 saturated carbocycles. The van der Waals surface area contributed by atoms with Crippen molar-refractivity contribution < 1.29 is 4.79 Å². The molecule has 0 fully saturated rings. The second-order valence-electron chi connectivity index (χ2n) is 7.11. The van der Waals surface area contributed by atoms with Gasteiger partial charge in [0.05, 0.1) is 0 Å². The number of benzene rings is 1. The van der Waals surface area contributed by atoms with Crippen molar-refractivity contribution in [1.82, 2.24) is 5.43 Å². The van der Waals surface area contributed by atoms with Gasteiger partial charge in [-0.05, 0) is 50.7 Å². The van der Waals surface area contributed by atoms with E-state index in [2.05, 4.69) is 63.1 Å². The standard InChI is InChI=1S/C18H29N3O/c1-6-8-15(17(22)20-19)21-16-12(2)9-7-10-14(16)13(3)11-18(21,4)5/h7,9-10,13,15H,6,8,11,19H2,1-5H3,(H,20,22). The molecule has 0 bridgehead atoms. The topological polar surface area (TPSA) is 58.4 Å². The van der Waals surface area contributed by atoms with Gasteiger partial charge in [0.1, 0.15) is 6.04 Å². The molecule has 0 spiro atoms. The molecule has 0 aromatic heterocycles. The van der Waals surface area contributed by atoms with Crippen LogP contribution in [0.3, 0.4) is 0 Å². The summed E-state index contributed by atoms with van der Waals surface area (Å²) in [6.07, 6.45) is 2.78. The zero-order chi connectivity index (χ0) is 16.5. The van der Waals surface area contributed by atoms with Gasteiger partial charge < -0.3 is 4.90 Å². The van der Waals surface area contributed by atoms with Gasteiger partial charge in [-0.25, -0.2) is 5.84 Å². The predicted molar refractivity (Wildman–Crippen MR) is 91.8 cm³/mol. The number of anilines is 1. The Morgan fingerprint density at radius 2 is 2.18 bits per heavy atom. The van der Waals surface area contributed by atoms with Crippen LogP contribution in [-0.2, 0) is 4.79 Å². The fourth-order valence-electron chi connectivity index (χ4n) is 3.99. The van der Waals surface area contributed by atoms with Crippen molar-refractivity contribution in [2.24, 2.45) is 5.84 Å². The first-order valence-corrected chi connectivity index (χ1v) is 8.22. The zero-order valence-corrected chi connectivity index (χ0v) is 14.4. The van der Waals surface area contributed by atoms with E-state index in [0.29, 0.717) is 5.92 Å². The average Bonchev–Trinajstić information content (AvgIpc) is 2.45. The Balaban J connectivity index is 2.61. The Morgan fingerprint density at radius 1 is 1.50 bits per heavy atom. The molecule has 3 N–H and O–H groups in total. The molecule has 1 aromatic rings. The van der Waals surface area contributed by atoms with Gasteiger partial charge in [0.25, 0.3) is 5.91 Å². The van der Waals surface area contributed by atoms with Gasteiger partial charge in [-0.1, -0.05) is 38.5 Å². The molecular formula is C18H29N3O. The van der Waals surface area contributed by atoms with Crippen LogP contribution in [-0.4, -0.2) is 17.5 Å². The van der Waals surface area contributed by atoms with Gasteiger partial charge >= 0.3 is 0 Å². The molecule has 0 saturated heterocycles. The maximum atomic E-state index is 12.4. The normalized spacial score (nSPS) is 21.2. The summed E-state index contributed by atoms with van der Waals surface area (Å²) in [5, 5.41) is 0. The van der Waals surface area contributed by atoms with E-state index < -0.39 is 0 Å². The van der Waals surface area contributed by atoms with Crippen molar-refractivity contribution in [3.05, 3.63) is 29.3 Å². The molecule has 122 valence electrons. The van der Waals surface area contributed by atoms with Gasteiger partial charge in [-0.3, -0.25) is 10.2 Å². The molecule has 1 aromatic carbocycles. The van der Waals surface area contributed by atoms with E-state index >= 15 is 0 Å². The number of carbonyl (C=O) groups is 1. The number of aryl methyl sites for hydroxylation is 1. The van der Waals surface area contributed by atoms with Gasteiger partial charge in [0, 0.05) is 11.2 Å². The predicted octanol–water partition coefficient (Wildman–Crippen LogP) is 3.25. The Hall–Kier alpha value is -1.55. The van der Waals surface area contributed by atoms with E-state index in [9.17, 15) is 4.79 Å². The van der Waals surface area contributed by atoms with Gasteiger partial charge in [-0.2, -0.15) is 0 Å². The summed E-state index contributed by atoms with van der Waals surface area (Å²) in [5.41, 5.74) is 6.07. The van der Waals surface area contributed by atoms with Crippen LogP contribution < -0.4 is 16.2 Å². The minimum atomic E-state index is -0.225. The first-order chi connectivity index (χ1) is 10.3. The highest BCUT2D eigenvalue weighted by Crippen LogP contribution is 2.46. The van der Waals surface area contributed by atoms with Gasteiger partial charge in [0.15, 0.2) is 0 Å². The monoisotopic (exact) mass is 303 g/mol. The number of hydrogen-bond donors (Lipinski definition) is 2. The third-order valence-corrected chi connectivity index (χ3v) is 4.82. The van der Waals surface area contributed by atoms with E-state index in [1.165, 1.54) is 16.8 Å². The van der Waals surface area contributed by atoms with Crippen molar-refractivity contribution in [3.63, 3.8) is 0 Å². The second-order valence-corrected chi connectivity index (χ2v) is 7.11. The average molecular weight is 303 g/mol. The van der Waals surface area contributed by atoms with E-state index in [4.69, 9.17) is 5.84 Å². The Bertz CT molecular complexity index is 553. The molecule has 22 heavy (non-hydrogen) atoms. The van der Waals surface area contributed by atoms with E-state index in [1.54, 1.807) is 0 Å². The first-order valence-electron chi connectivity index (χ1n) is 8.22. The maximum absolute atomic E-state index is 12.4. The van der Waals surface area contributed by atoms with Crippen LogP contribution in [0.1, 0.15) is 64.0 Å². The molecule has 4 heteroatoms. The zero-order valence-electron chi connectivity index (χ0n) is 14.4. The highest BCUT2D eigenvalue weighted by Gasteiger charge is 2.42. The first kappa shape index (κ1) is 16.8. The maximum Gasteiger partial charge on any atom is 0.256 e. The number of nitrogens with one attached hydrogen (secondary N) is 1. The quantitative estimate of drug-likeness (QED) is 0.510. The Morgan fingerprint density at radius 3 is 2.77 bits per heavy atom. The molecule has 0 aliphatic carbocycles. The SMILES string of the molecule is CCCC(C(=O)NN)N1c2c(C)cccc2C(C)CC1(C)C. The molecule has 1 aliphatic heterocycles. The third kappa shape index (κ3) is 2.84. The van der Waals surface area contributed by atoms with Crippen molar-refractivity contribution in [2.45, 2.75) is 71.4 Å². The summed E-state index contributed by atoms with van der Waals surface area (Å²) in [4.78, 5) is 14.7. The number of carbonyl (C=O) groups excluding carboxylic acids is 1. The molecule has 1 heterocycles. The fourth-order valence-corrected chi connectivity index (χ4v) is 3.99. The van der Waals surface area contributed by atoms with Crippen LogP contribution in [0.4, 0.5) is 5.69 Å². The van der Waals surface area contributed by atoms with Crippen LogP contribution in [0.2, 0.25) is 0 Å². The highest BCUT2D eigenvalue weighted by atomic mass is 16.2. The van der Waals surface area contributed by atoms with Crippen LogP contribution >= 0.6 is 0 Å². The van der Waals surface area contributed by atoms with E-state index in [0.717, 1.165) is 19.3 Å². The summed E-state index contributed by atoms with van der Waals surface area (Å²) < 4.78 is 0. The summed E-state index contributed by atoms with van der Waals surface area (Å²) in [6, 6.07) is 6.21. The fraction of sp³-hybridized carbons (Fsp3) is 0.611. The van der Waals surface area contributed by atoms with Crippen molar-refractivity contribution in [2.75, 3.05) is 4.90 Å². The third-order valence-electron chi connectivity index (χ3n) is 4.82. The lowest BCUT2D eigenvalue weighted by Crippen LogP contribution is -2.59. The molecular weight excluding hydrogens is 274 g/mol. The van der Waals surface area contributed by atoms with Crippen molar-refractivity contribution >= 4 is 11.6 Å². The molecule has 1 amide bonds. The van der Waals surface area contributed by atoms with E-state index in [-0.39, 0.29) is 17.5 Å². The largest absolute Gasteiger partial charge is 0.354 e.